The molecule has 1 aromatic heterocycles. The Morgan fingerprint density at radius 1 is 1.13 bits per heavy atom. The lowest BCUT2D eigenvalue weighted by Gasteiger charge is -2.25. The third-order valence-electron chi connectivity index (χ3n) is 5.47. The fourth-order valence-corrected chi connectivity index (χ4v) is 5.07. The van der Waals surface area contributed by atoms with Gasteiger partial charge in [-0.05, 0) is 48.7 Å². The highest BCUT2D eigenvalue weighted by Gasteiger charge is 2.21. The van der Waals surface area contributed by atoms with Crippen molar-refractivity contribution in [2.24, 2.45) is 0 Å². The second-order valence-corrected chi connectivity index (χ2v) is 9.47. The molecule has 2 aromatic rings. The lowest BCUT2D eigenvalue weighted by molar-refractivity contribution is 0.0752. The van der Waals surface area contributed by atoms with Gasteiger partial charge in [-0.1, -0.05) is 19.3 Å². The van der Waals surface area contributed by atoms with E-state index in [4.69, 9.17) is 16.3 Å². The average Bonchev–Trinajstić information content (AvgIpc) is 2.80. The summed E-state index contributed by atoms with van der Waals surface area (Å²) in [5, 5.41) is 6.33. The van der Waals surface area contributed by atoms with Crippen molar-refractivity contribution in [2.75, 3.05) is 36.9 Å². The quantitative estimate of drug-likeness (QED) is 0.636. The molecular formula is C21H26ClN5O3S. The van der Waals surface area contributed by atoms with Gasteiger partial charge in [0, 0.05) is 31.0 Å². The van der Waals surface area contributed by atoms with Gasteiger partial charge in [0.15, 0.2) is 0 Å². The van der Waals surface area contributed by atoms with Gasteiger partial charge in [0.25, 0.3) is 5.91 Å². The van der Waals surface area contributed by atoms with Gasteiger partial charge < -0.3 is 15.4 Å². The molecule has 31 heavy (non-hydrogen) atoms. The number of hydrogen-bond donors (Lipinski definition) is 2. The van der Waals surface area contributed by atoms with Gasteiger partial charge in [0.05, 0.1) is 18.1 Å². The first-order chi connectivity index (χ1) is 15.1. The molecule has 0 radical (unpaired) electrons. The maximum Gasteiger partial charge on any atom is 0.260 e. The van der Waals surface area contributed by atoms with E-state index < -0.39 is 11.0 Å². The Labute approximate surface area is 189 Å². The Balaban J connectivity index is 1.43. The van der Waals surface area contributed by atoms with Crippen molar-refractivity contribution in [3.05, 3.63) is 41.3 Å². The molecule has 10 heteroatoms. The van der Waals surface area contributed by atoms with Gasteiger partial charge in [-0.3, -0.25) is 4.79 Å². The summed E-state index contributed by atoms with van der Waals surface area (Å²) in [4.78, 5) is 21.8. The Bertz CT molecular complexity index is 931. The minimum absolute atomic E-state index is 0.102. The molecule has 1 saturated heterocycles. The van der Waals surface area contributed by atoms with Crippen LogP contribution in [0.1, 0.15) is 42.5 Å². The Kier molecular flexibility index (Phi) is 7.49. The molecule has 2 aliphatic rings. The van der Waals surface area contributed by atoms with Crippen molar-refractivity contribution < 1.29 is 13.7 Å². The number of rotatable bonds is 6. The third-order valence-corrected chi connectivity index (χ3v) is 7.16. The highest BCUT2D eigenvalue weighted by molar-refractivity contribution is 7.82. The van der Waals surface area contributed by atoms with Crippen LogP contribution in [0.15, 0.2) is 35.4 Å². The predicted octanol–water partition coefficient (Wildman–Crippen LogP) is 3.48. The van der Waals surface area contributed by atoms with Crippen LogP contribution in [0, 0.1) is 0 Å². The second-order valence-electron chi connectivity index (χ2n) is 7.65. The van der Waals surface area contributed by atoms with Crippen molar-refractivity contribution in [3.63, 3.8) is 0 Å². The van der Waals surface area contributed by atoms with Crippen LogP contribution in [0.5, 0.6) is 0 Å². The summed E-state index contributed by atoms with van der Waals surface area (Å²) in [6.07, 6.45) is 7.10. The van der Waals surface area contributed by atoms with Crippen molar-refractivity contribution in [1.29, 1.82) is 0 Å². The maximum atomic E-state index is 12.9. The maximum absolute atomic E-state index is 12.9. The molecule has 2 fully saturated rings. The Morgan fingerprint density at radius 3 is 2.55 bits per heavy atom. The van der Waals surface area contributed by atoms with Gasteiger partial charge in [-0.2, -0.15) is 4.98 Å². The number of carbonyl (C=O) groups excluding carboxylic acids is 1. The van der Waals surface area contributed by atoms with Gasteiger partial charge in [0.2, 0.25) is 5.28 Å². The summed E-state index contributed by atoms with van der Waals surface area (Å²) in [6, 6.07) is 7.30. The lowest BCUT2D eigenvalue weighted by Crippen LogP contribution is -2.37. The van der Waals surface area contributed by atoms with E-state index in [2.05, 4.69) is 20.6 Å². The van der Waals surface area contributed by atoms with Crippen LogP contribution < -0.4 is 10.6 Å². The van der Waals surface area contributed by atoms with E-state index in [1.807, 2.05) is 4.31 Å². The molecular weight excluding hydrogens is 438 g/mol. The number of nitrogens with one attached hydrogen (secondary N) is 2. The molecule has 0 bridgehead atoms. The van der Waals surface area contributed by atoms with Crippen LogP contribution in [-0.2, 0) is 15.7 Å². The van der Waals surface area contributed by atoms with Crippen LogP contribution in [-0.4, -0.2) is 56.7 Å². The van der Waals surface area contributed by atoms with Crippen LogP contribution >= 0.6 is 11.6 Å². The SMILES string of the molecule is O=C(Nc1ccc(S(=O)N2CCOCC2)cc1)c1cnc(Cl)nc1NC1CCCCC1. The zero-order valence-electron chi connectivity index (χ0n) is 17.2. The molecule has 1 unspecified atom stereocenters. The molecule has 1 amide bonds. The summed E-state index contributed by atoms with van der Waals surface area (Å²) >= 11 is 5.98. The first-order valence-electron chi connectivity index (χ1n) is 10.6. The number of carbonyl (C=O) groups is 1. The normalized spacial score (nSPS) is 19.0. The third kappa shape index (κ3) is 5.79. The first kappa shape index (κ1) is 22.1. The molecule has 2 heterocycles. The van der Waals surface area contributed by atoms with E-state index >= 15 is 0 Å². The topological polar surface area (TPSA) is 96.5 Å². The van der Waals surface area contributed by atoms with Crippen molar-refractivity contribution in [3.8, 4) is 0 Å². The highest BCUT2D eigenvalue weighted by Crippen LogP contribution is 2.24. The standard InChI is InChI=1S/C21H26ClN5O3S/c22-21-23-14-18(19(26-21)24-15-4-2-1-3-5-15)20(28)25-16-6-8-17(9-7-16)31(29)27-10-12-30-13-11-27/h6-9,14-15H,1-5,10-13H2,(H,25,28)(H,23,24,26). The molecule has 1 aliphatic heterocycles. The molecule has 8 nitrogen and oxygen atoms in total. The molecule has 2 N–H and O–H groups in total. The van der Waals surface area contributed by atoms with E-state index in [-0.39, 0.29) is 17.2 Å². The largest absolute Gasteiger partial charge is 0.379 e. The minimum atomic E-state index is -1.24. The number of benzene rings is 1. The number of anilines is 2. The predicted molar refractivity (Wildman–Crippen MR) is 121 cm³/mol. The van der Waals surface area contributed by atoms with Gasteiger partial charge >= 0.3 is 0 Å². The molecule has 4 rings (SSSR count). The van der Waals surface area contributed by atoms with E-state index in [0.29, 0.717) is 48.3 Å². The average molecular weight is 464 g/mol. The number of amides is 1. The Morgan fingerprint density at radius 2 is 1.84 bits per heavy atom. The van der Waals surface area contributed by atoms with Crippen LogP contribution in [0.25, 0.3) is 0 Å². The molecule has 1 aliphatic carbocycles. The van der Waals surface area contributed by atoms with Crippen molar-refractivity contribution in [2.45, 2.75) is 43.0 Å². The van der Waals surface area contributed by atoms with Gasteiger partial charge in [-0.25, -0.2) is 13.5 Å². The second kappa shape index (κ2) is 10.5. The summed E-state index contributed by atoms with van der Waals surface area (Å²) in [5.74, 6) is 0.131. The molecule has 1 atom stereocenters. The zero-order chi connectivity index (χ0) is 21.6. The lowest BCUT2D eigenvalue weighted by atomic mass is 9.95. The van der Waals surface area contributed by atoms with E-state index in [9.17, 15) is 9.00 Å². The smallest absolute Gasteiger partial charge is 0.260 e. The number of hydrogen-bond acceptors (Lipinski definition) is 6. The number of halogens is 1. The minimum Gasteiger partial charge on any atom is -0.379 e. The monoisotopic (exact) mass is 463 g/mol. The molecule has 0 spiro atoms. The van der Waals surface area contributed by atoms with Crippen LogP contribution in [0.4, 0.5) is 11.5 Å². The van der Waals surface area contributed by atoms with E-state index in [0.717, 1.165) is 25.7 Å². The highest BCUT2D eigenvalue weighted by atomic mass is 35.5. The summed E-state index contributed by atoms with van der Waals surface area (Å²) < 4.78 is 19.9. The number of nitrogens with zero attached hydrogens (tertiary/aromatic N) is 3. The fourth-order valence-electron chi connectivity index (χ4n) is 3.79. The van der Waals surface area contributed by atoms with Crippen LogP contribution in [0.3, 0.4) is 0 Å². The van der Waals surface area contributed by atoms with E-state index in [1.54, 1.807) is 24.3 Å². The van der Waals surface area contributed by atoms with Gasteiger partial charge in [0.1, 0.15) is 22.4 Å². The zero-order valence-corrected chi connectivity index (χ0v) is 18.8. The van der Waals surface area contributed by atoms with Gasteiger partial charge in [-0.15, -0.1) is 0 Å². The molecule has 1 saturated carbocycles. The molecule has 166 valence electrons. The summed E-state index contributed by atoms with van der Waals surface area (Å²) in [5.41, 5.74) is 0.947. The summed E-state index contributed by atoms with van der Waals surface area (Å²) in [7, 11) is -1.24. The molecule has 1 aromatic carbocycles. The van der Waals surface area contributed by atoms with Crippen molar-refractivity contribution >= 4 is 40.0 Å². The number of aromatic nitrogens is 2. The van der Waals surface area contributed by atoms with E-state index in [1.165, 1.54) is 12.6 Å². The number of morpholine rings is 1. The summed E-state index contributed by atoms with van der Waals surface area (Å²) in [6.45, 7) is 2.44. The first-order valence-corrected chi connectivity index (χ1v) is 12.0. The number of ether oxygens (including phenoxy) is 1. The Hall–Kier alpha value is -2.07. The van der Waals surface area contributed by atoms with Crippen LogP contribution in [0.2, 0.25) is 5.28 Å². The fraction of sp³-hybridized carbons (Fsp3) is 0.476. The van der Waals surface area contributed by atoms with Crippen molar-refractivity contribution in [1.82, 2.24) is 14.3 Å².